The first kappa shape index (κ1) is 66.6. The zero-order valence-corrected chi connectivity index (χ0v) is 61.2. The fraction of sp³-hybridized carbons (Fsp3) is 0.0588. The zero-order valence-electron chi connectivity index (χ0n) is 61.2. The van der Waals surface area contributed by atoms with Crippen molar-refractivity contribution in [1.29, 1.82) is 0 Å². The van der Waals surface area contributed by atoms with Gasteiger partial charge in [0.15, 0.2) is 34.9 Å². The van der Waals surface area contributed by atoms with Gasteiger partial charge in [-0.1, -0.05) is 337 Å². The van der Waals surface area contributed by atoms with Crippen LogP contribution in [0.5, 0.6) is 0 Å². The molecule has 0 fully saturated rings. The predicted octanol–water partition coefficient (Wildman–Crippen LogP) is 25.5. The van der Waals surface area contributed by atoms with Gasteiger partial charge in [-0.05, 0) is 158 Å². The van der Waals surface area contributed by atoms with Gasteiger partial charge in [0.1, 0.15) is 0 Å². The molecule has 0 amide bonds. The average molecular weight is 1410 g/mol. The number of rotatable bonds is 12. The van der Waals surface area contributed by atoms with E-state index in [9.17, 15) is 0 Å². The summed E-state index contributed by atoms with van der Waals surface area (Å²) in [5.41, 5.74) is 30.0. The summed E-state index contributed by atoms with van der Waals surface area (Å²) in [5, 5.41) is 5.26. The summed E-state index contributed by atoms with van der Waals surface area (Å²) < 4.78 is 0. The summed E-state index contributed by atoms with van der Waals surface area (Å²) in [6.07, 6.45) is 5.46. The van der Waals surface area contributed by atoms with E-state index in [0.717, 1.165) is 78.0 Å². The third-order valence-electron chi connectivity index (χ3n) is 22.1. The molecule has 0 atom stereocenters. The Balaban J connectivity index is 0.000000149. The molecule has 0 radical (unpaired) electrons. The molecule has 0 unspecified atom stereocenters. The molecule has 520 valence electrons. The number of fused-ring (bicyclic) bond motifs is 10. The first-order valence-electron chi connectivity index (χ1n) is 37.4. The molecule has 0 N–H and O–H groups in total. The van der Waals surface area contributed by atoms with Crippen molar-refractivity contribution in [2.75, 3.05) is 0 Å². The van der Waals surface area contributed by atoms with Crippen molar-refractivity contribution < 1.29 is 0 Å². The van der Waals surface area contributed by atoms with Crippen LogP contribution in [-0.4, -0.2) is 39.9 Å². The Labute approximate surface area is 640 Å². The summed E-state index contributed by atoms with van der Waals surface area (Å²) in [6, 6.07) is 122. The molecule has 0 bridgehead atoms. The molecule has 2 aliphatic carbocycles. The molecule has 14 aromatic carbocycles. The molecule has 8 heteroatoms. The number of aromatic nitrogens is 8. The molecule has 0 saturated carbocycles. The van der Waals surface area contributed by atoms with Crippen LogP contribution in [0.1, 0.15) is 49.9 Å². The van der Waals surface area contributed by atoms with Crippen LogP contribution in [0, 0.1) is 0 Å². The lowest BCUT2D eigenvalue weighted by molar-refractivity contribution is 0.661. The number of hydrogen-bond acceptors (Lipinski definition) is 8. The van der Waals surface area contributed by atoms with Gasteiger partial charge in [-0.15, -0.1) is 0 Å². The third kappa shape index (κ3) is 12.4. The fourth-order valence-corrected chi connectivity index (χ4v) is 16.2. The first-order chi connectivity index (χ1) is 54.0. The average Bonchev–Trinajstić information content (AvgIpc) is 1.57. The maximum atomic E-state index is 4.98. The quantitative estimate of drug-likeness (QED) is 0.119. The Hall–Kier alpha value is -14.1. The zero-order chi connectivity index (χ0) is 73.9. The molecular weight excluding hydrogens is 1340 g/mol. The molecule has 0 spiro atoms. The smallest absolute Gasteiger partial charge is 0.165 e. The van der Waals surface area contributed by atoms with Crippen molar-refractivity contribution in [1.82, 2.24) is 39.9 Å². The highest BCUT2D eigenvalue weighted by Crippen LogP contribution is 2.54. The van der Waals surface area contributed by atoms with Crippen LogP contribution in [0.3, 0.4) is 0 Å². The van der Waals surface area contributed by atoms with E-state index in [0.29, 0.717) is 34.9 Å². The topological polar surface area (TPSA) is 103 Å². The van der Waals surface area contributed by atoms with Crippen molar-refractivity contribution in [3.8, 4) is 157 Å². The number of benzene rings is 14. The van der Waals surface area contributed by atoms with Gasteiger partial charge in [0, 0.05) is 68.4 Å². The van der Waals surface area contributed by atoms with Crippen molar-refractivity contribution in [2.45, 2.75) is 38.5 Å². The lowest BCUT2D eigenvalue weighted by atomic mass is 9.79. The van der Waals surface area contributed by atoms with Gasteiger partial charge in [0.2, 0.25) is 0 Å². The third-order valence-corrected chi connectivity index (χ3v) is 22.1. The largest absolute Gasteiger partial charge is 0.265 e. The van der Waals surface area contributed by atoms with E-state index in [1.54, 1.807) is 0 Å². The van der Waals surface area contributed by atoms with Crippen LogP contribution in [0.2, 0.25) is 0 Å². The lowest BCUT2D eigenvalue weighted by Gasteiger charge is -2.23. The second kappa shape index (κ2) is 27.7. The van der Waals surface area contributed by atoms with Gasteiger partial charge in [0.25, 0.3) is 0 Å². The molecule has 0 saturated heterocycles. The highest BCUT2D eigenvalue weighted by Gasteiger charge is 2.38. The van der Waals surface area contributed by atoms with Crippen molar-refractivity contribution >= 4 is 21.5 Å². The fourth-order valence-electron chi connectivity index (χ4n) is 16.2. The maximum absolute atomic E-state index is 4.98. The van der Waals surface area contributed by atoms with Crippen LogP contribution >= 0.6 is 0 Å². The minimum absolute atomic E-state index is 0.0708. The minimum Gasteiger partial charge on any atom is -0.265 e. The highest BCUT2D eigenvalue weighted by atomic mass is 15.0. The van der Waals surface area contributed by atoms with E-state index >= 15 is 0 Å². The van der Waals surface area contributed by atoms with E-state index in [1.165, 1.54) is 88.3 Å². The Morgan fingerprint density at radius 1 is 0.218 bits per heavy atom. The Morgan fingerprint density at radius 3 is 1.00 bits per heavy atom. The maximum Gasteiger partial charge on any atom is 0.165 e. The van der Waals surface area contributed by atoms with E-state index < -0.39 is 0 Å². The van der Waals surface area contributed by atoms with Gasteiger partial charge in [-0.3, -0.25) is 9.97 Å². The summed E-state index contributed by atoms with van der Waals surface area (Å²) in [5.74, 6) is 3.75. The molecule has 4 heterocycles. The molecule has 18 aromatic rings. The van der Waals surface area contributed by atoms with Crippen LogP contribution in [-0.2, 0) is 10.8 Å². The molecule has 0 aliphatic heterocycles. The van der Waals surface area contributed by atoms with E-state index in [-0.39, 0.29) is 10.8 Å². The summed E-state index contributed by atoms with van der Waals surface area (Å²) in [7, 11) is 0. The number of nitrogens with zero attached hydrogens (tertiary/aromatic N) is 8. The lowest BCUT2D eigenvalue weighted by Crippen LogP contribution is -2.15. The molecule has 8 nitrogen and oxygen atoms in total. The van der Waals surface area contributed by atoms with Crippen molar-refractivity contribution in [3.63, 3.8) is 0 Å². The first-order valence-corrected chi connectivity index (χ1v) is 37.4. The monoisotopic (exact) mass is 1410 g/mol. The minimum atomic E-state index is -0.0890. The molecular formula is C102H72N8. The van der Waals surface area contributed by atoms with Gasteiger partial charge in [0.05, 0.1) is 5.69 Å². The van der Waals surface area contributed by atoms with Crippen LogP contribution in [0.25, 0.3) is 179 Å². The van der Waals surface area contributed by atoms with Crippen molar-refractivity contribution in [2.24, 2.45) is 0 Å². The predicted molar refractivity (Wildman–Crippen MR) is 451 cm³/mol. The van der Waals surface area contributed by atoms with Crippen LogP contribution in [0.15, 0.2) is 364 Å². The normalized spacial score (nSPS) is 12.7. The molecule has 2 aliphatic rings. The molecule has 4 aromatic heterocycles. The summed E-state index contributed by atoms with van der Waals surface area (Å²) >= 11 is 0. The summed E-state index contributed by atoms with van der Waals surface area (Å²) in [6.45, 7) is 9.43. The van der Waals surface area contributed by atoms with Gasteiger partial charge >= 0.3 is 0 Å². The number of hydrogen-bond donors (Lipinski definition) is 0. The SMILES string of the molecule is CC1(C)c2cc(-c3ccc(-c4ccc(-c5nc(-c6ccccc6)nc(-c6ccc(-c7ccccc7)nc6)n5)cc4)cc3)ccc2-c2ccc3ccccc3c21.CC1(C)c2cc(-c3ccc(-c4ccc(-c5nc(-c6ccccc6)nc(-c6ccc(-c7ccncc7)cc6)n5)cc4)cc3)ccc2-c2c1ccc1ccccc21. The Kier molecular flexibility index (Phi) is 16.8. The Bertz CT molecular complexity index is 6490. The molecule has 110 heavy (non-hydrogen) atoms. The van der Waals surface area contributed by atoms with Crippen LogP contribution in [0.4, 0.5) is 0 Å². The Morgan fingerprint density at radius 2 is 0.545 bits per heavy atom. The van der Waals surface area contributed by atoms with E-state index in [2.05, 4.69) is 275 Å². The van der Waals surface area contributed by atoms with E-state index in [1.807, 2.05) is 122 Å². The number of pyridine rings is 2. The second-order valence-electron chi connectivity index (χ2n) is 29.5. The van der Waals surface area contributed by atoms with Crippen molar-refractivity contribution in [3.05, 3.63) is 387 Å². The van der Waals surface area contributed by atoms with Crippen LogP contribution < -0.4 is 0 Å². The standard InChI is InChI=1S/2C51H36N4/c1-51(2)45-31-40(26-28-43(45)44-29-25-36-11-9-10-16-42(36)47(44)51)35-19-17-33(18-20-35)34-21-23-39(24-22-34)49-53-48(38-14-7-4-8-15-38)54-50(55-49)41-27-30-46(52-32-41)37-12-5-3-6-13-37;1-51(2)45-27-25-38-8-6-7-11-43(38)47(45)44-26-24-42(32-46(44)51)36-14-12-33(13-15-36)34-16-20-40(21-17-34)49-53-48(39-9-4-3-5-10-39)54-50(55-49)41-22-18-35(19-23-41)37-28-30-52-31-29-37/h2*3-32H,1-2H3. The van der Waals surface area contributed by atoms with Gasteiger partial charge in [-0.25, -0.2) is 29.9 Å². The van der Waals surface area contributed by atoms with E-state index in [4.69, 9.17) is 34.9 Å². The van der Waals surface area contributed by atoms with Gasteiger partial charge < -0.3 is 0 Å². The second-order valence-corrected chi connectivity index (χ2v) is 29.5. The molecule has 20 rings (SSSR count). The summed E-state index contributed by atoms with van der Waals surface area (Å²) in [4.78, 5) is 38.5. The highest BCUT2D eigenvalue weighted by molar-refractivity contribution is 6.03. The van der Waals surface area contributed by atoms with Gasteiger partial charge in [-0.2, -0.15) is 0 Å².